The summed E-state index contributed by atoms with van der Waals surface area (Å²) in [4.78, 5) is -0.551. The number of alkyl halides is 3. The number of piperidine rings is 1. The molecule has 5 N–H and O–H groups in total. The molecule has 12 nitrogen and oxygen atoms in total. The summed E-state index contributed by atoms with van der Waals surface area (Å²) in [5, 5.41) is 13.7. The fraction of sp³-hybridized carbons (Fsp3) is 0.438. The first-order valence-electron chi connectivity index (χ1n) is 15.5. The van der Waals surface area contributed by atoms with Crippen molar-refractivity contribution in [1.82, 2.24) is 14.3 Å². The van der Waals surface area contributed by atoms with Gasteiger partial charge in [-0.05, 0) is 67.3 Å². The van der Waals surface area contributed by atoms with Gasteiger partial charge >= 0.3 is 6.36 Å². The van der Waals surface area contributed by atoms with Crippen molar-refractivity contribution in [1.29, 1.82) is 0 Å². The maximum atomic E-state index is 13.8. The number of aliphatic hydroxyl groups is 1. The van der Waals surface area contributed by atoms with Gasteiger partial charge in [-0.15, -0.1) is 13.2 Å². The number of nitrogens with zero attached hydrogens (tertiary/aromatic N) is 1. The number of aliphatic hydroxyl groups excluding tert-OH is 1. The predicted molar refractivity (Wildman–Crippen MR) is 174 cm³/mol. The van der Waals surface area contributed by atoms with Gasteiger partial charge in [-0.1, -0.05) is 36.4 Å². The molecule has 268 valence electrons. The van der Waals surface area contributed by atoms with Crippen LogP contribution >= 0.6 is 0 Å². The van der Waals surface area contributed by atoms with Gasteiger partial charge in [0.15, 0.2) is 0 Å². The van der Waals surface area contributed by atoms with E-state index in [0.29, 0.717) is 43.5 Å². The number of benzene rings is 3. The molecule has 3 aromatic carbocycles. The smallest absolute Gasteiger partial charge is 0.491 e. The Morgan fingerprint density at radius 3 is 2.39 bits per heavy atom. The second kappa shape index (κ2) is 14.9. The van der Waals surface area contributed by atoms with Crippen molar-refractivity contribution >= 4 is 20.0 Å². The van der Waals surface area contributed by atoms with Crippen molar-refractivity contribution in [2.45, 2.75) is 59.7 Å². The molecular formula is C32H39F3N4O8S2. The summed E-state index contributed by atoms with van der Waals surface area (Å²) in [5.41, 5.74) is 6.87. The van der Waals surface area contributed by atoms with Crippen molar-refractivity contribution in [2.24, 2.45) is 5.73 Å². The standard InChI is InChI=1S/C32H39F3N4O8S2/c1-37-48(41,42)28-4-2-3-27(16-28)45-21-26(40)19-38-25-17-31(46-20-25)11-13-39(14-12-31)49(43,44)30-15-24(9-10-29(30)47-32(33,34)35)23-7-5-22(18-36)6-8-23/h2-10,15-16,25-26,37-38,40H,11-14,17-21,36H2,1H3/t25-,26?/m1/s1. The maximum Gasteiger partial charge on any atom is 0.573 e. The Kier molecular flexibility index (Phi) is 11.2. The van der Waals surface area contributed by atoms with Gasteiger partial charge in [0, 0.05) is 38.3 Å². The highest BCUT2D eigenvalue weighted by Crippen LogP contribution is 2.40. The summed E-state index contributed by atoms with van der Waals surface area (Å²) in [6, 6.07) is 16.3. The molecule has 3 aromatic rings. The molecule has 49 heavy (non-hydrogen) atoms. The van der Waals surface area contributed by atoms with Gasteiger partial charge in [0.05, 0.1) is 17.1 Å². The van der Waals surface area contributed by atoms with Crippen LogP contribution in [0.3, 0.4) is 0 Å². The van der Waals surface area contributed by atoms with Crippen LogP contribution in [0.15, 0.2) is 76.5 Å². The number of rotatable bonds is 13. The van der Waals surface area contributed by atoms with Gasteiger partial charge in [0.2, 0.25) is 20.0 Å². The largest absolute Gasteiger partial charge is 0.573 e. The molecule has 1 unspecified atom stereocenters. The molecule has 2 aliphatic heterocycles. The molecule has 5 rings (SSSR count). The molecular weight excluding hydrogens is 690 g/mol. The van der Waals surface area contributed by atoms with Gasteiger partial charge in [0.1, 0.15) is 29.1 Å². The van der Waals surface area contributed by atoms with Crippen LogP contribution in [0.4, 0.5) is 13.2 Å². The molecule has 2 saturated heterocycles. The Hall–Kier alpha value is -3.29. The molecule has 0 radical (unpaired) electrons. The SMILES string of the molecule is CNS(=O)(=O)c1cccc(OCC(O)CN[C@H]2COC3(CCN(S(=O)(=O)c4cc(-c5ccc(CN)cc5)ccc4OC(F)(F)F)CC3)C2)c1. The minimum Gasteiger partial charge on any atom is -0.491 e. The summed E-state index contributed by atoms with van der Waals surface area (Å²) in [6.07, 6.45) is -4.85. The highest BCUT2D eigenvalue weighted by molar-refractivity contribution is 7.89. The normalized spacial score (nSPS) is 19.2. The third-order valence-electron chi connectivity index (χ3n) is 8.62. The third kappa shape index (κ3) is 9.09. The molecule has 0 saturated carbocycles. The van der Waals surface area contributed by atoms with Crippen LogP contribution < -0.4 is 25.2 Å². The Morgan fingerprint density at radius 2 is 1.73 bits per heavy atom. The monoisotopic (exact) mass is 728 g/mol. The molecule has 0 amide bonds. The van der Waals surface area contributed by atoms with Crippen LogP contribution in [0.25, 0.3) is 11.1 Å². The number of hydrogen-bond donors (Lipinski definition) is 4. The first kappa shape index (κ1) is 37.0. The minimum absolute atomic E-state index is 0.0226. The van der Waals surface area contributed by atoms with Gasteiger partial charge in [0.25, 0.3) is 0 Å². The molecule has 1 spiro atoms. The minimum atomic E-state index is -5.10. The zero-order valence-electron chi connectivity index (χ0n) is 26.6. The van der Waals surface area contributed by atoms with Gasteiger partial charge < -0.3 is 30.4 Å². The highest BCUT2D eigenvalue weighted by atomic mass is 32.2. The summed E-state index contributed by atoms with van der Waals surface area (Å²) in [5.74, 6) is -0.528. The van der Waals surface area contributed by atoms with E-state index >= 15 is 0 Å². The lowest BCUT2D eigenvalue weighted by Gasteiger charge is -2.38. The van der Waals surface area contributed by atoms with E-state index in [4.69, 9.17) is 15.2 Å². The van der Waals surface area contributed by atoms with E-state index in [-0.39, 0.29) is 42.9 Å². The lowest BCUT2D eigenvalue weighted by molar-refractivity contribution is -0.275. The first-order chi connectivity index (χ1) is 23.1. The Balaban J connectivity index is 1.18. The summed E-state index contributed by atoms with van der Waals surface area (Å²) < 4.78 is 111. The first-order valence-corrected chi connectivity index (χ1v) is 18.5. The number of ether oxygens (including phenoxy) is 3. The molecule has 17 heteroatoms. The van der Waals surface area contributed by atoms with Crippen molar-refractivity contribution in [2.75, 3.05) is 39.9 Å². The van der Waals surface area contributed by atoms with E-state index in [1.54, 1.807) is 30.3 Å². The maximum absolute atomic E-state index is 13.8. The second-order valence-electron chi connectivity index (χ2n) is 12.0. The molecule has 0 aliphatic carbocycles. The zero-order valence-corrected chi connectivity index (χ0v) is 28.3. The van der Waals surface area contributed by atoms with Crippen LogP contribution in [0, 0.1) is 0 Å². The molecule has 0 aromatic heterocycles. The Bertz CT molecular complexity index is 1820. The summed E-state index contributed by atoms with van der Waals surface area (Å²) in [7, 11) is -6.74. The topological polar surface area (TPSA) is 170 Å². The van der Waals surface area contributed by atoms with E-state index < -0.39 is 48.8 Å². The molecule has 2 heterocycles. The fourth-order valence-electron chi connectivity index (χ4n) is 5.93. The fourth-order valence-corrected chi connectivity index (χ4v) is 8.28. The quantitative estimate of drug-likeness (QED) is 0.205. The van der Waals surface area contributed by atoms with Gasteiger partial charge in [-0.3, -0.25) is 0 Å². The summed E-state index contributed by atoms with van der Waals surface area (Å²) >= 11 is 0. The average Bonchev–Trinajstić information content (AvgIpc) is 3.48. The molecule has 0 bridgehead atoms. The van der Waals surface area contributed by atoms with Gasteiger partial charge in [-0.2, -0.15) is 4.31 Å². The molecule has 2 fully saturated rings. The van der Waals surface area contributed by atoms with Crippen molar-refractivity contribution in [3.63, 3.8) is 0 Å². The number of halogens is 3. The van der Waals surface area contributed by atoms with Crippen molar-refractivity contribution in [3.8, 4) is 22.6 Å². The highest BCUT2D eigenvalue weighted by Gasteiger charge is 2.45. The van der Waals surface area contributed by atoms with Crippen molar-refractivity contribution in [3.05, 3.63) is 72.3 Å². The van der Waals surface area contributed by atoms with Crippen LogP contribution in [-0.4, -0.2) is 90.3 Å². The number of sulfonamides is 2. The van der Waals surface area contributed by atoms with E-state index in [1.807, 2.05) is 0 Å². The molecule has 2 atom stereocenters. The average molecular weight is 729 g/mol. The lowest BCUT2D eigenvalue weighted by Crippen LogP contribution is -2.47. The summed E-state index contributed by atoms with van der Waals surface area (Å²) in [6.45, 7) is 0.729. The van der Waals surface area contributed by atoms with E-state index in [9.17, 15) is 35.1 Å². The second-order valence-corrected chi connectivity index (χ2v) is 15.8. The van der Waals surface area contributed by atoms with Crippen LogP contribution in [0.1, 0.15) is 24.8 Å². The zero-order chi connectivity index (χ0) is 35.5. The lowest BCUT2D eigenvalue weighted by atomic mass is 9.88. The van der Waals surface area contributed by atoms with E-state index in [2.05, 4.69) is 14.8 Å². The van der Waals surface area contributed by atoms with Crippen LogP contribution in [0.2, 0.25) is 0 Å². The number of nitrogens with two attached hydrogens (primary N) is 1. The van der Waals surface area contributed by atoms with Gasteiger partial charge in [-0.25, -0.2) is 21.6 Å². The number of nitrogens with one attached hydrogen (secondary N) is 2. The van der Waals surface area contributed by atoms with Crippen LogP contribution in [0.5, 0.6) is 11.5 Å². The van der Waals surface area contributed by atoms with E-state index in [1.165, 1.54) is 37.4 Å². The van der Waals surface area contributed by atoms with Crippen molar-refractivity contribution < 1.29 is 49.3 Å². The third-order valence-corrected chi connectivity index (χ3v) is 12.0. The molecule has 2 aliphatic rings. The van der Waals surface area contributed by atoms with Crippen LogP contribution in [-0.2, 0) is 31.3 Å². The van der Waals surface area contributed by atoms with E-state index in [0.717, 1.165) is 15.9 Å². The Labute approximate surface area is 283 Å². The number of hydrogen-bond acceptors (Lipinski definition) is 10. The Morgan fingerprint density at radius 1 is 1.04 bits per heavy atom. The predicted octanol–water partition coefficient (Wildman–Crippen LogP) is 2.96.